The van der Waals surface area contributed by atoms with E-state index in [0.717, 1.165) is 11.3 Å². The zero-order valence-corrected chi connectivity index (χ0v) is 10.3. The first kappa shape index (κ1) is 12.6. The number of hydrogen-bond donors (Lipinski definition) is 1. The Labute approximate surface area is 98.3 Å². The number of hydrogen-bond acceptors (Lipinski definition) is 3. The van der Waals surface area contributed by atoms with E-state index in [1.807, 2.05) is 52.1 Å². The summed E-state index contributed by atoms with van der Waals surface area (Å²) in [4.78, 5) is 11.5. The highest BCUT2D eigenvalue weighted by Crippen LogP contribution is 2.17. The van der Waals surface area contributed by atoms with Crippen molar-refractivity contribution in [2.24, 2.45) is 5.41 Å². The molecule has 0 aliphatic carbocycles. The second-order valence-electron chi connectivity index (χ2n) is 4.77. The molecule has 1 N–H and O–H groups in total. The van der Waals surface area contributed by atoms with Crippen LogP contribution in [0.2, 0.25) is 0 Å². The van der Waals surface area contributed by atoms with Crippen molar-refractivity contribution in [3.8, 4) is 0 Å². The first-order valence-corrected chi connectivity index (χ1v) is 5.37. The molecule has 1 aromatic rings. The number of esters is 1. The van der Waals surface area contributed by atoms with Crippen molar-refractivity contribution < 1.29 is 11.0 Å². The molecule has 0 bridgehead atoms. The summed E-state index contributed by atoms with van der Waals surface area (Å²) in [5.41, 5.74) is 1.60. The summed E-state index contributed by atoms with van der Waals surface area (Å²) in [7, 11) is 1.87. The standard InChI is InChI=1S/C13H19NO2.H2/c1-13(2,3)12(15)16-9-10-5-7-11(14-4)8-6-10;/h5-8,14H,9H2,1-4H3;1H. The van der Waals surface area contributed by atoms with Crippen molar-refractivity contribution in [2.75, 3.05) is 12.4 Å². The van der Waals surface area contributed by atoms with Crippen LogP contribution >= 0.6 is 0 Å². The average Bonchev–Trinajstić information content (AvgIpc) is 2.25. The van der Waals surface area contributed by atoms with Gasteiger partial charge >= 0.3 is 5.97 Å². The second-order valence-corrected chi connectivity index (χ2v) is 4.77. The van der Waals surface area contributed by atoms with E-state index in [1.165, 1.54) is 0 Å². The maximum Gasteiger partial charge on any atom is 0.311 e. The van der Waals surface area contributed by atoms with Gasteiger partial charge in [0.2, 0.25) is 0 Å². The lowest BCUT2D eigenvalue weighted by atomic mass is 9.97. The van der Waals surface area contributed by atoms with E-state index >= 15 is 0 Å². The third-order valence-corrected chi connectivity index (χ3v) is 2.22. The Morgan fingerprint density at radius 2 is 1.88 bits per heavy atom. The molecule has 0 fully saturated rings. The Kier molecular flexibility index (Phi) is 3.93. The van der Waals surface area contributed by atoms with Crippen LogP contribution in [0.5, 0.6) is 0 Å². The van der Waals surface area contributed by atoms with Gasteiger partial charge in [-0.2, -0.15) is 0 Å². The van der Waals surface area contributed by atoms with Gasteiger partial charge in [0, 0.05) is 14.2 Å². The fraction of sp³-hybridized carbons (Fsp3) is 0.462. The van der Waals surface area contributed by atoms with E-state index in [4.69, 9.17) is 4.74 Å². The lowest BCUT2D eigenvalue weighted by Crippen LogP contribution is -2.22. The molecule has 0 amide bonds. The zero-order chi connectivity index (χ0) is 12.2. The van der Waals surface area contributed by atoms with Crippen LogP contribution in [0.4, 0.5) is 5.69 Å². The Bertz CT molecular complexity index is 355. The fourth-order valence-corrected chi connectivity index (χ4v) is 1.13. The topological polar surface area (TPSA) is 38.3 Å². The second kappa shape index (κ2) is 5.01. The SMILES string of the molecule is CNc1ccc(COC(=O)C(C)(C)C)cc1.[HH]. The van der Waals surface area contributed by atoms with Crippen LogP contribution in [0.1, 0.15) is 27.8 Å². The van der Waals surface area contributed by atoms with Crippen LogP contribution in [0.15, 0.2) is 24.3 Å². The van der Waals surface area contributed by atoms with Gasteiger partial charge in [-0.25, -0.2) is 0 Å². The van der Waals surface area contributed by atoms with Gasteiger partial charge in [-0.05, 0) is 38.5 Å². The highest BCUT2D eigenvalue weighted by Gasteiger charge is 2.22. The van der Waals surface area contributed by atoms with Gasteiger partial charge in [0.25, 0.3) is 0 Å². The van der Waals surface area contributed by atoms with Crippen LogP contribution in [-0.2, 0) is 16.1 Å². The molecule has 16 heavy (non-hydrogen) atoms. The minimum absolute atomic E-state index is 0. The Balaban J connectivity index is 0.00000256. The summed E-state index contributed by atoms with van der Waals surface area (Å²) in [5.74, 6) is -0.176. The van der Waals surface area contributed by atoms with Crippen LogP contribution in [0, 0.1) is 5.41 Å². The molecule has 0 unspecified atom stereocenters. The van der Waals surface area contributed by atoms with E-state index in [-0.39, 0.29) is 7.40 Å². The molecule has 3 nitrogen and oxygen atoms in total. The predicted octanol–water partition coefficient (Wildman–Crippen LogP) is 3.06. The first-order valence-electron chi connectivity index (χ1n) is 5.37. The maximum absolute atomic E-state index is 11.5. The number of nitrogens with one attached hydrogen (secondary N) is 1. The number of benzene rings is 1. The molecule has 90 valence electrons. The number of carbonyl (C=O) groups excluding carboxylic acids is 1. The van der Waals surface area contributed by atoms with E-state index < -0.39 is 5.41 Å². The molecule has 1 aromatic carbocycles. The molecule has 0 radical (unpaired) electrons. The molecular formula is C13H21NO2. The summed E-state index contributed by atoms with van der Waals surface area (Å²) in [6.07, 6.45) is 0. The molecule has 3 heteroatoms. The van der Waals surface area contributed by atoms with Crippen LogP contribution in [0.25, 0.3) is 0 Å². The summed E-state index contributed by atoms with van der Waals surface area (Å²) >= 11 is 0. The van der Waals surface area contributed by atoms with Crippen molar-refractivity contribution in [3.63, 3.8) is 0 Å². The van der Waals surface area contributed by atoms with Gasteiger partial charge in [-0.15, -0.1) is 0 Å². The number of carbonyl (C=O) groups is 1. The molecule has 0 heterocycles. The van der Waals surface area contributed by atoms with Crippen molar-refractivity contribution >= 4 is 11.7 Å². The molecule has 0 saturated heterocycles. The number of rotatable bonds is 3. The van der Waals surface area contributed by atoms with Crippen molar-refractivity contribution in [2.45, 2.75) is 27.4 Å². The van der Waals surface area contributed by atoms with Gasteiger partial charge < -0.3 is 10.1 Å². The largest absolute Gasteiger partial charge is 0.460 e. The molecule has 0 spiro atoms. The number of anilines is 1. The molecule has 0 aliphatic heterocycles. The molecular weight excluding hydrogens is 202 g/mol. The first-order chi connectivity index (χ1) is 7.43. The monoisotopic (exact) mass is 223 g/mol. The third kappa shape index (κ3) is 3.57. The number of ether oxygens (including phenoxy) is 1. The van der Waals surface area contributed by atoms with Crippen molar-refractivity contribution in [1.82, 2.24) is 0 Å². The van der Waals surface area contributed by atoms with E-state index in [2.05, 4.69) is 5.32 Å². The smallest absolute Gasteiger partial charge is 0.311 e. The fourth-order valence-electron chi connectivity index (χ4n) is 1.13. The van der Waals surface area contributed by atoms with E-state index in [1.54, 1.807) is 0 Å². The van der Waals surface area contributed by atoms with Gasteiger partial charge in [0.05, 0.1) is 5.41 Å². The van der Waals surface area contributed by atoms with Crippen LogP contribution in [-0.4, -0.2) is 13.0 Å². The van der Waals surface area contributed by atoms with Crippen LogP contribution < -0.4 is 5.32 Å². The summed E-state index contributed by atoms with van der Waals surface area (Å²) < 4.78 is 5.21. The summed E-state index contributed by atoms with van der Waals surface area (Å²) in [6.45, 7) is 5.87. The lowest BCUT2D eigenvalue weighted by molar-refractivity contribution is -0.154. The lowest BCUT2D eigenvalue weighted by Gasteiger charge is -2.16. The van der Waals surface area contributed by atoms with Crippen molar-refractivity contribution in [3.05, 3.63) is 29.8 Å². The predicted molar refractivity (Wildman–Crippen MR) is 67.4 cm³/mol. The maximum atomic E-state index is 11.5. The molecule has 0 aliphatic rings. The van der Waals surface area contributed by atoms with Crippen molar-refractivity contribution in [1.29, 1.82) is 0 Å². The quantitative estimate of drug-likeness (QED) is 0.800. The Hall–Kier alpha value is -1.51. The summed E-state index contributed by atoms with van der Waals surface area (Å²) in [6, 6.07) is 7.81. The minimum atomic E-state index is -0.440. The highest BCUT2D eigenvalue weighted by molar-refractivity contribution is 5.75. The molecule has 0 aromatic heterocycles. The van der Waals surface area contributed by atoms with Gasteiger partial charge in [-0.3, -0.25) is 4.79 Å². The Morgan fingerprint density at radius 3 is 2.31 bits per heavy atom. The molecule has 0 saturated carbocycles. The summed E-state index contributed by atoms with van der Waals surface area (Å²) in [5, 5.41) is 3.04. The zero-order valence-electron chi connectivity index (χ0n) is 10.3. The molecule has 0 atom stereocenters. The van der Waals surface area contributed by atoms with Crippen LogP contribution in [0.3, 0.4) is 0 Å². The Morgan fingerprint density at radius 1 is 1.31 bits per heavy atom. The van der Waals surface area contributed by atoms with Gasteiger partial charge in [-0.1, -0.05) is 12.1 Å². The van der Waals surface area contributed by atoms with Gasteiger partial charge in [0.15, 0.2) is 0 Å². The molecule has 1 rings (SSSR count). The highest BCUT2D eigenvalue weighted by atomic mass is 16.5. The van der Waals surface area contributed by atoms with Gasteiger partial charge in [0.1, 0.15) is 6.61 Å². The van der Waals surface area contributed by atoms with E-state index in [9.17, 15) is 4.79 Å². The average molecular weight is 223 g/mol. The third-order valence-electron chi connectivity index (χ3n) is 2.22. The van der Waals surface area contributed by atoms with E-state index in [0.29, 0.717) is 6.61 Å². The minimum Gasteiger partial charge on any atom is -0.460 e. The normalized spacial score (nSPS) is 11.0.